The number of rotatable bonds is 4. The van der Waals surface area contributed by atoms with Crippen LogP contribution in [0.4, 0.5) is 11.4 Å². The van der Waals surface area contributed by atoms with E-state index in [0.29, 0.717) is 18.5 Å². The van der Waals surface area contributed by atoms with Crippen LogP contribution in [0.15, 0.2) is 46.9 Å². The molecule has 0 bridgehead atoms. The van der Waals surface area contributed by atoms with Gasteiger partial charge in [0.2, 0.25) is 11.8 Å². The average molecular weight is 387 g/mol. The van der Waals surface area contributed by atoms with Crippen LogP contribution in [-0.2, 0) is 9.59 Å². The van der Waals surface area contributed by atoms with E-state index in [4.69, 9.17) is 0 Å². The molecule has 0 unspecified atom stereocenters. The monoisotopic (exact) mass is 386 g/mol. The predicted octanol–water partition coefficient (Wildman–Crippen LogP) is 4.42. The lowest BCUT2D eigenvalue weighted by Crippen LogP contribution is -2.36. The zero-order valence-electron chi connectivity index (χ0n) is 13.7. The number of nitrogens with one attached hydrogen (secondary N) is 2. The maximum Gasteiger partial charge on any atom is 0.240 e. The van der Waals surface area contributed by atoms with E-state index in [2.05, 4.69) is 26.6 Å². The van der Waals surface area contributed by atoms with Gasteiger partial charge in [-0.15, -0.1) is 0 Å². The molecule has 1 saturated carbocycles. The standard InChI is InChI=1S/C19H19BrN2O2/c1-12-5-3-6-13(2)16(12)22-18(24)19(9-10-19)17(23)21-15-8-4-7-14(20)11-15/h3-8,11H,9-10H2,1-2H3,(H,21,23)(H,22,24). The van der Waals surface area contributed by atoms with Crippen LogP contribution in [0.5, 0.6) is 0 Å². The molecule has 124 valence electrons. The maximum absolute atomic E-state index is 12.7. The van der Waals surface area contributed by atoms with E-state index in [1.54, 1.807) is 0 Å². The van der Waals surface area contributed by atoms with Crippen molar-refractivity contribution >= 4 is 39.1 Å². The summed E-state index contributed by atoms with van der Waals surface area (Å²) in [5.74, 6) is -0.475. The van der Waals surface area contributed by atoms with E-state index in [-0.39, 0.29) is 11.8 Å². The second kappa shape index (κ2) is 6.40. The molecule has 2 aromatic rings. The van der Waals surface area contributed by atoms with Crippen LogP contribution in [0.1, 0.15) is 24.0 Å². The molecule has 1 aliphatic rings. The van der Waals surface area contributed by atoms with Crippen LogP contribution in [0.2, 0.25) is 0 Å². The molecule has 0 radical (unpaired) electrons. The third kappa shape index (κ3) is 3.22. The summed E-state index contributed by atoms with van der Waals surface area (Å²) in [5, 5.41) is 5.80. The molecular weight excluding hydrogens is 368 g/mol. The molecule has 3 rings (SSSR count). The Labute approximate surface area is 149 Å². The molecule has 0 aliphatic heterocycles. The number of aryl methyl sites for hydroxylation is 2. The Kier molecular flexibility index (Phi) is 4.45. The van der Waals surface area contributed by atoms with Crippen LogP contribution >= 0.6 is 15.9 Å². The summed E-state index contributed by atoms with van der Waals surface area (Å²) in [7, 11) is 0. The number of benzene rings is 2. The number of hydrogen-bond donors (Lipinski definition) is 2. The van der Waals surface area contributed by atoms with Crippen molar-refractivity contribution < 1.29 is 9.59 Å². The zero-order chi connectivity index (χ0) is 17.3. The van der Waals surface area contributed by atoms with Crippen molar-refractivity contribution in [1.82, 2.24) is 0 Å². The van der Waals surface area contributed by atoms with Gasteiger partial charge in [-0.05, 0) is 56.0 Å². The van der Waals surface area contributed by atoms with Gasteiger partial charge in [0.15, 0.2) is 0 Å². The lowest BCUT2D eigenvalue weighted by atomic mass is 10.0. The van der Waals surface area contributed by atoms with Crippen molar-refractivity contribution in [2.24, 2.45) is 5.41 Å². The molecule has 2 amide bonds. The van der Waals surface area contributed by atoms with E-state index in [0.717, 1.165) is 21.3 Å². The fraction of sp³-hybridized carbons (Fsp3) is 0.263. The van der Waals surface area contributed by atoms with Crippen molar-refractivity contribution in [3.05, 3.63) is 58.1 Å². The lowest BCUT2D eigenvalue weighted by Gasteiger charge is -2.18. The largest absolute Gasteiger partial charge is 0.325 e. The minimum atomic E-state index is -0.961. The Morgan fingerprint density at radius 3 is 2.12 bits per heavy atom. The first-order valence-electron chi connectivity index (χ1n) is 7.87. The van der Waals surface area contributed by atoms with Crippen molar-refractivity contribution in [2.45, 2.75) is 26.7 Å². The van der Waals surface area contributed by atoms with Crippen LogP contribution in [0, 0.1) is 19.3 Å². The molecule has 0 aromatic heterocycles. The summed E-state index contributed by atoms with van der Waals surface area (Å²) < 4.78 is 0.880. The quantitative estimate of drug-likeness (QED) is 0.763. The van der Waals surface area contributed by atoms with Gasteiger partial charge in [-0.2, -0.15) is 0 Å². The number of halogens is 1. The topological polar surface area (TPSA) is 58.2 Å². The third-order valence-electron chi connectivity index (χ3n) is 4.42. The number of hydrogen-bond acceptors (Lipinski definition) is 2. The van der Waals surface area contributed by atoms with E-state index in [1.807, 2.05) is 56.3 Å². The Bertz CT molecular complexity index is 793. The molecule has 1 aliphatic carbocycles. The van der Waals surface area contributed by atoms with Gasteiger partial charge in [0.05, 0.1) is 0 Å². The second-order valence-corrected chi connectivity index (χ2v) is 7.18. The average Bonchev–Trinajstić information content (AvgIpc) is 3.33. The maximum atomic E-state index is 12.7. The van der Waals surface area contributed by atoms with Crippen molar-refractivity contribution in [3.63, 3.8) is 0 Å². The zero-order valence-corrected chi connectivity index (χ0v) is 15.2. The van der Waals surface area contributed by atoms with Gasteiger partial charge in [0.25, 0.3) is 0 Å². The molecule has 0 saturated heterocycles. The summed E-state index contributed by atoms with van der Waals surface area (Å²) in [6.07, 6.45) is 1.15. The van der Waals surface area contributed by atoms with Crippen LogP contribution < -0.4 is 10.6 Å². The number of amides is 2. The Morgan fingerprint density at radius 2 is 1.54 bits per heavy atom. The van der Waals surface area contributed by atoms with E-state index < -0.39 is 5.41 Å². The summed E-state index contributed by atoms with van der Waals surface area (Å²) >= 11 is 3.38. The Morgan fingerprint density at radius 1 is 0.958 bits per heavy atom. The van der Waals surface area contributed by atoms with Crippen LogP contribution in [0.25, 0.3) is 0 Å². The fourth-order valence-electron chi connectivity index (χ4n) is 2.74. The van der Waals surface area contributed by atoms with Gasteiger partial charge in [-0.1, -0.05) is 40.2 Å². The van der Waals surface area contributed by atoms with Gasteiger partial charge in [0.1, 0.15) is 5.41 Å². The normalized spacial score (nSPS) is 14.8. The Balaban J connectivity index is 1.75. The molecule has 0 heterocycles. The smallest absolute Gasteiger partial charge is 0.240 e. The minimum absolute atomic E-state index is 0.229. The Hall–Kier alpha value is -2.14. The second-order valence-electron chi connectivity index (χ2n) is 6.27. The van der Waals surface area contributed by atoms with Crippen LogP contribution in [0.3, 0.4) is 0 Å². The van der Waals surface area contributed by atoms with E-state index in [1.165, 1.54) is 0 Å². The minimum Gasteiger partial charge on any atom is -0.325 e. The molecule has 4 nitrogen and oxygen atoms in total. The van der Waals surface area contributed by atoms with Crippen molar-refractivity contribution in [2.75, 3.05) is 10.6 Å². The molecular formula is C19H19BrN2O2. The molecule has 2 N–H and O–H groups in total. The predicted molar refractivity (Wildman–Crippen MR) is 99.0 cm³/mol. The molecule has 2 aromatic carbocycles. The highest BCUT2D eigenvalue weighted by Crippen LogP contribution is 2.47. The van der Waals surface area contributed by atoms with Gasteiger partial charge in [-0.3, -0.25) is 9.59 Å². The van der Waals surface area contributed by atoms with Crippen molar-refractivity contribution in [3.8, 4) is 0 Å². The third-order valence-corrected chi connectivity index (χ3v) is 4.91. The fourth-order valence-corrected chi connectivity index (χ4v) is 3.14. The molecule has 0 atom stereocenters. The number of para-hydroxylation sites is 1. The molecule has 24 heavy (non-hydrogen) atoms. The van der Waals surface area contributed by atoms with Gasteiger partial charge < -0.3 is 10.6 Å². The first-order chi connectivity index (χ1) is 11.4. The molecule has 1 fully saturated rings. The summed E-state index contributed by atoms with van der Waals surface area (Å²) in [4.78, 5) is 25.3. The molecule has 5 heteroatoms. The summed E-state index contributed by atoms with van der Waals surface area (Å²) in [6, 6.07) is 13.2. The first kappa shape index (κ1) is 16.7. The number of anilines is 2. The highest BCUT2D eigenvalue weighted by molar-refractivity contribution is 9.10. The number of carbonyl (C=O) groups excluding carboxylic acids is 2. The first-order valence-corrected chi connectivity index (χ1v) is 8.66. The van der Waals surface area contributed by atoms with Crippen LogP contribution in [-0.4, -0.2) is 11.8 Å². The van der Waals surface area contributed by atoms with Gasteiger partial charge >= 0.3 is 0 Å². The summed E-state index contributed by atoms with van der Waals surface area (Å²) in [6.45, 7) is 3.90. The van der Waals surface area contributed by atoms with E-state index in [9.17, 15) is 9.59 Å². The van der Waals surface area contributed by atoms with Gasteiger partial charge in [0, 0.05) is 15.8 Å². The van der Waals surface area contributed by atoms with Crippen molar-refractivity contribution in [1.29, 1.82) is 0 Å². The summed E-state index contributed by atoms with van der Waals surface area (Å²) in [5.41, 5.74) is 2.50. The van der Waals surface area contributed by atoms with E-state index >= 15 is 0 Å². The highest BCUT2D eigenvalue weighted by Gasteiger charge is 2.56. The SMILES string of the molecule is Cc1cccc(C)c1NC(=O)C1(C(=O)Nc2cccc(Br)c2)CC1. The lowest BCUT2D eigenvalue weighted by molar-refractivity contribution is -0.131. The molecule has 0 spiro atoms. The highest BCUT2D eigenvalue weighted by atomic mass is 79.9. The van der Waals surface area contributed by atoms with Gasteiger partial charge in [-0.25, -0.2) is 0 Å². The number of carbonyl (C=O) groups is 2.